The second kappa shape index (κ2) is 3.73. The highest BCUT2D eigenvalue weighted by molar-refractivity contribution is 5.89. The van der Waals surface area contributed by atoms with Crippen LogP contribution in [-0.4, -0.2) is 29.1 Å². The Balaban J connectivity index is 1.66. The molecule has 90 valence electrons. The van der Waals surface area contributed by atoms with Crippen molar-refractivity contribution < 1.29 is 4.79 Å². The van der Waals surface area contributed by atoms with Crippen LogP contribution in [-0.2, 0) is 4.79 Å². The summed E-state index contributed by atoms with van der Waals surface area (Å²) in [6, 6.07) is 0. The van der Waals surface area contributed by atoms with E-state index < -0.39 is 0 Å². The average molecular weight is 222 g/mol. The lowest BCUT2D eigenvalue weighted by atomic mass is 9.98. The van der Waals surface area contributed by atoms with Gasteiger partial charge in [0.15, 0.2) is 0 Å². The molecule has 3 rings (SSSR count). The summed E-state index contributed by atoms with van der Waals surface area (Å²) in [7, 11) is 0. The van der Waals surface area contributed by atoms with Crippen LogP contribution in [0.15, 0.2) is 0 Å². The predicted molar refractivity (Wildman–Crippen MR) is 62.9 cm³/mol. The molecule has 16 heavy (non-hydrogen) atoms. The lowest BCUT2D eigenvalue weighted by Crippen LogP contribution is -2.44. The van der Waals surface area contributed by atoms with E-state index in [4.69, 9.17) is 0 Å². The molecule has 3 aliphatic rings. The molecule has 1 N–H and O–H groups in total. The molecule has 3 heteroatoms. The lowest BCUT2D eigenvalue weighted by Gasteiger charge is -2.22. The number of nitrogens with zero attached hydrogens (tertiary/aromatic N) is 1. The van der Waals surface area contributed by atoms with Gasteiger partial charge < -0.3 is 4.90 Å². The number of hydrogen-bond donors (Lipinski definition) is 1. The summed E-state index contributed by atoms with van der Waals surface area (Å²) < 4.78 is 0. The topological polar surface area (TPSA) is 32.3 Å². The van der Waals surface area contributed by atoms with E-state index in [1.54, 1.807) is 0 Å². The fourth-order valence-electron chi connectivity index (χ4n) is 3.35. The molecule has 2 saturated carbocycles. The molecule has 1 aliphatic heterocycles. The minimum atomic E-state index is -0.164. The predicted octanol–water partition coefficient (Wildman–Crippen LogP) is 1.88. The maximum atomic E-state index is 12.4. The molecule has 0 aromatic rings. The molecule has 0 aromatic carbocycles. The van der Waals surface area contributed by atoms with Crippen molar-refractivity contribution in [3.8, 4) is 0 Å². The largest absolute Gasteiger partial charge is 0.326 e. The van der Waals surface area contributed by atoms with Crippen LogP contribution in [0.3, 0.4) is 0 Å². The van der Waals surface area contributed by atoms with E-state index in [0.717, 1.165) is 25.3 Å². The second-order valence-corrected chi connectivity index (χ2v) is 5.84. The normalized spacial score (nSPS) is 32.9. The molecule has 3 nitrogen and oxygen atoms in total. The van der Waals surface area contributed by atoms with Crippen LogP contribution in [0.1, 0.15) is 51.9 Å². The summed E-state index contributed by atoms with van der Waals surface area (Å²) in [6.07, 6.45) is 8.76. The summed E-state index contributed by atoms with van der Waals surface area (Å²) in [5.74, 6) is 1.30. The summed E-state index contributed by atoms with van der Waals surface area (Å²) >= 11 is 0. The lowest BCUT2D eigenvalue weighted by molar-refractivity contribution is -0.133. The maximum absolute atomic E-state index is 12.4. The Kier molecular flexibility index (Phi) is 2.46. The minimum Gasteiger partial charge on any atom is -0.326 e. The number of rotatable bonds is 3. The van der Waals surface area contributed by atoms with Gasteiger partial charge in [-0.25, -0.2) is 0 Å². The zero-order valence-electron chi connectivity index (χ0n) is 10.2. The molecule has 1 unspecified atom stereocenters. The SMILES string of the molecule is CC1NC2(CCCC2)C(=O)N1CCC1CC1. The van der Waals surface area contributed by atoms with Gasteiger partial charge in [-0.1, -0.05) is 25.7 Å². The molecule has 1 atom stereocenters. The van der Waals surface area contributed by atoms with Crippen molar-refractivity contribution in [3.63, 3.8) is 0 Å². The minimum absolute atomic E-state index is 0.164. The van der Waals surface area contributed by atoms with Gasteiger partial charge in [-0.3, -0.25) is 10.1 Å². The smallest absolute Gasteiger partial charge is 0.244 e. The fraction of sp³-hybridized carbons (Fsp3) is 0.923. The first-order valence-electron chi connectivity index (χ1n) is 6.80. The van der Waals surface area contributed by atoms with E-state index in [-0.39, 0.29) is 11.7 Å². The van der Waals surface area contributed by atoms with Crippen LogP contribution in [0.4, 0.5) is 0 Å². The Labute approximate surface area is 97.6 Å². The van der Waals surface area contributed by atoms with E-state index in [9.17, 15) is 4.79 Å². The molecule has 1 spiro atoms. The zero-order valence-corrected chi connectivity index (χ0v) is 10.2. The van der Waals surface area contributed by atoms with Crippen LogP contribution in [0.2, 0.25) is 0 Å². The molecule has 0 aromatic heterocycles. The molecular weight excluding hydrogens is 200 g/mol. The van der Waals surface area contributed by atoms with Gasteiger partial charge in [-0.05, 0) is 32.1 Å². The average Bonchev–Trinajstić information content (AvgIpc) is 2.92. The molecule has 1 saturated heterocycles. The van der Waals surface area contributed by atoms with Gasteiger partial charge in [0, 0.05) is 6.54 Å². The highest BCUT2D eigenvalue weighted by Gasteiger charge is 2.50. The van der Waals surface area contributed by atoms with Gasteiger partial charge in [0.25, 0.3) is 0 Å². The number of carbonyl (C=O) groups is 1. The zero-order chi connectivity index (χ0) is 11.2. The van der Waals surface area contributed by atoms with E-state index in [0.29, 0.717) is 5.91 Å². The molecule has 0 bridgehead atoms. The summed E-state index contributed by atoms with van der Waals surface area (Å²) in [5.41, 5.74) is -0.164. The van der Waals surface area contributed by atoms with Crippen molar-refractivity contribution in [2.24, 2.45) is 5.92 Å². The van der Waals surface area contributed by atoms with Gasteiger partial charge in [-0.15, -0.1) is 0 Å². The van der Waals surface area contributed by atoms with E-state index in [1.807, 2.05) is 0 Å². The Bertz CT molecular complexity index is 292. The highest BCUT2D eigenvalue weighted by Crippen LogP contribution is 2.38. The number of hydrogen-bond acceptors (Lipinski definition) is 2. The Morgan fingerprint density at radius 1 is 1.38 bits per heavy atom. The molecule has 0 radical (unpaired) electrons. The van der Waals surface area contributed by atoms with E-state index >= 15 is 0 Å². The van der Waals surface area contributed by atoms with Crippen molar-refractivity contribution in [1.82, 2.24) is 10.2 Å². The summed E-state index contributed by atoms with van der Waals surface area (Å²) in [4.78, 5) is 14.5. The first-order chi connectivity index (χ1) is 7.71. The van der Waals surface area contributed by atoms with Gasteiger partial charge in [0.05, 0.1) is 11.7 Å². The molecular formula is C13H22N2O. The quantitative estimate of drug-likeness (QED) is 0.790. The van der Waals surface area contributed by atoms with Gasteiger partial charge in [0.2, 0.25) is 5.91 Å². The van der Waals surface area contributed by atoms with Crippen molar-refractivity contribution in [1.29, 1.82) is 0 Å². The van der Waals surface area contributed by atoms with E-state index in [2.05, 4.69) is 17.1 Å². The highest BCUT2D eigenvalue weighted by atomic mass is 16.2. The van der Waals surface area contributed by atoms with Gasteiger partial charge in [-0.2, -0.15) is 0 Å². The second-order valence-electron chi connectivity index (χ2n) is 5.84. The Hall–Kier alpha value is -0.570. The van der Waals surface area contributed by atoms with Crippen LogP contribution in [0.25, 0.3) is 0 Å². The Morgan fingerprint density at radius 3 is 2.69 bits per heavy atom. The third-order valence-corrected chi connectivity index (χ3v) is 4.56. The number of carbonyl (C=O) groups excluding carboxylic acids is 1. The van der Waals surface area contributed by atoms with Crippen molar-refractivity contribution in [2.45, 2.75) is 63.6 Å². The Morgan fingerprint density at radius 2 is 2.06 bits per heavy atom. The van der Waals surface area contributed by atoms with Crippen LogP contribution >= 0.6 is 0 Å². The first kappa shape index (κ1) is 10.6. The van der Waals surface area contributed by atoms with Crippen LogP contribution in [0, 0.1) is 5.92 Å². The first-order valence-corrected chi connectivity index (χ1v) is 6.80. The van der Waals surface area contributed by atoms with Crippen molar-refractivity contribution >= 4 is 5.91 Å². The number of nitrogens with one attached hydrogen (secondary N) is 1. The maximum Gasteiger partial charge on any atom is 0.244 e. The monoisotopic (exact) mass is 222 g/mol. The van der Waals surface area contributed by atoms with Gasteiger partial charge in [0.1, 0.15) is 0 Å². The molecule has 3 fully saturated rings. The molecule has 1 heterocycles. The standard InChI is InChI=1S/C13H22N2O/c1-10-14-13(7-2-3-8-13)12(16)15(10)9-6-11-4-5-11/h10-11,14H,2-9H2,1H3. The molecule has 2 aliphatic carbocycles. The van der Waals surface area contributed by atoms with Crippen LogP contribution < -0.4 is 5.32 Å². The molecule has 1 amide bonds. The summed E-state index contributed by atoms with van der Waals surface area (Å²) in [6.45, 7) is 3.11. The fourth-order valence-corrected chi connectivity index (χ4v) is 3.35. The third kappa shape index (κ3) is 1.65. The third-order valence-electron chi connectivity index (χ3n) is 4.56. The van der Waals surface area contributed by atoms with E-state index in [1.165, 1.54) is 32.1 Å². The van der Waals surface area contributed by atoms with Gasteiger partial charge >= 0.3 is 0 Å². The van der Waals surface area contributed by atoms with Crippen LogP contribution in [0.5, 0.6) is 0 Å². The number of amides is 1. The summed E-state index contributed by atoms with van der Waals surface area (Å²) in [5, 5.41) is 3.55. The van der Waals surface area contributed by atoms with Crippen molar-refractivity contribution in [2.75, 3.05) is 6.54 Å². The van der Waals surface area contributed by atoms with Crippen molar-refractivity contribution in [3.05, 3.63) is 0 Å².